The Bertz CT molecular complexity index is 226. The molecule has 2 fully saturated rings. The van der Waals surface area contributed by atoms with Gasteiger partial charge in [0, 0.05) is 38.3 Å². The number of nitrogens with zero attached hydrogens (tertiary/aromatic N) is 1. The summed E-state index contributed by atoms with van der Waals surface area (Å²) in [7, 11) is 4.30. The van der Waals surface area contributed by atoms with Gasteiger partial charge in [0.05, 0.1) is 13.2 Å². The van der Waals surface area contributed by atoms with Crippen molar-refractivity contribution in [2.24, 2.45) is 11.8 Å². The summed E-state index contributed by atoms with van der Waals surface area (Å²) < 4.78 is 11.0. The van der Waals surface area contributed by atoms with E-state index in [9.17, 15) is 0 Å². The van der Waals surface area contributed by atoms with Crippen LogP contribution >= 0.6 is 0 Å². The first-order chi connectivity index (χ1) is 8.79. The topological polar surface area (TPSA) is 33.7 Å². The minimum atomic E-state index is 0.557. The van der Waals surface area contributed by atoms with E-state index in [1.165, 1.54) is 19.3 Å². The Hall–Kier alpha value is -0.160. The van der Waals surface area contributed by atoms with Crippen molar-refractivity contribution in [3.05, 3.63) is 0 Å². The molecule has 2 aliphatic heterocycles. The van der Waals surface area contributed by atoms with Crippen LogP contribution in [0.3, 0.4) is 0 Å². The summed E-state index contributed by atoms with van der Waals surface area (Å²) in [6.45, 7) is 6.03. The largest absolute Gasteiger partial charge is 0.381 e. The lowest BCUT2D eigenvalue weighted by Crippen LogP contribution is -2.45. The summed E-state index contributed by atoms with van der Waals surface area (Å²) in [4.78, 5) is 2.46. The molecule has 2 aliphatic rings. The van der Waals surface area contributed by atoms with E-state index in [1.54, 1.807) is 0 Å². The zero-order valence-corrected chi connectivity index (χ0v) is 11.9. The summed E-state index contributed by atoms with van der Waals surface area (Å²) in [6.07, 6.45) is 3.75. The van der Waals surface area contributed by atoms with Gasteiger partial charge in [-0.3, -0.25) is 0 Å². The van der Waals surface area contributed by atoms with Crippen molar-refractivity contribution in [2.75, 3.05) is 53.6 Å². The van der Waals surface area contributed by atoms with Crippen LogP contribution in [0, 0.1) is 11.8 Å². The third-order valence-electron chi connectivity index (χ3n) is 4.24. The monoisotopic (exact) mass is 256 g/mol. The number of nitrogens with one attached hydrogen (secondary N) is 1. The second kappa shape index (κ2) is 7.43. The van der Waals surface area contributed by atoms with Gasteiger partial charge in [-0.2, -0.15) is 0 Å². The lowest BCUT2D eigenvalue weighted by atomic mass is 9.97. The molecule has 1 N–H and O–H groups in total. The fourth-order valence-corrected chi connectivity index (χ4v) is 3.15. The molecule has 0 bridgehead atoms. The van der Waals surface area contributed by atoms with Gasteiger partial charge in [0.25, 0.3) is 0 Å². The van der Waals surface area contributed by atoms with Crippen LogP contribution in [0.2, 0.25) is 0 Å². The molecule has 0 aromatic rings. The summed E-state index contributed by atoms with van der Waals surface area (Å²) in [6, 6.07) is 0.557. The van der Waals surface area contributed by atoms with Gasteiger partial charge < -0.3 is 19.7 Å². The zero-order valence-electron chi connectivity index (χ0n) is 11.9. The van der Waals surface area contributed by atoms with Gasteiger partial charge in [-0.25, -0.2) is 0 Å². The van der Waals surface area contributed by atoms with Crippen molar-refractivity contribution >= 4 is 0 Å². The minimum absolute atomic E-state index is 0.557. The average molecular weight is 256 g/mol. The molecule has 0 aromatic heterocycles. The first-order valence-corrected chi connectivity index (χ1v) is 7.31. The van der Waals surface area contributed by atoms with Crippen LogP contribution in [0.25, 0.3) is 0 Å². The van der Waals surface area contributed by atoms with Gasteiger partial charge in [-0.1, -0.05) is 0 Å². The summed E-state index contributed by atoms with van der Waals surface area (Å²) >= 11 is 0. The quantitative estimate of drug-likeness (QED) is 0.768. The highest BCUT2D eigenvalue weighted by atomic mass is 16.5. The molecule has 4 heteroatoms. The number of rotatable bonds is 6. The maximum absolute atomic E-state index is 5.55. The summed E-state index contributed by atoms with van der Waals surface area (Å²) in [5.74, 6) is 1.40. The van der Waals surface area contributed by atoms with E-state index in [1.807, 2.05) is 0 Å². The Morgan fingerprint density at radius 2 is 2.06 bits per heavy atom. The first-order valence-electron chi connectivity index (χ1n) is 7.31. The first kappa shape index (κ1) is 14.3. The van der Waals surface area contributed by atoms with Crippen LogP contribution in [0.5, 0.6) is 0 Å². The van der Waals surface area contributed by atoms with Crippen LogP contribution in [0.1, 0.15) is 19.3 Å². The highest BCUT2D eigenvalue weighted by Gasteiger charge is 2.26. The Labute approximate surface area is 111 Å². The molecule has 3 atom stereocenters. The Balaban J connectivity index is 1.72. The van der Waals surface area contributed by atoms with E-state index in [2.05, 4.69) is 24.3 Å². The predicted molar refractivity (Wildman–Crippen MR) is 72.8 cm³/mol. The average Bonchev–Trinajstić information content (AvgIpc) is 2.91. The third-order valence-corrected chi connectivity index (χ3v) is 4.24. The molecule has 0 aliphatic carbocycles. The second-order valence-corrected chi connectivity index (χ2v) is 5.82. The number of likely N-dealkylation sites (N-methyl/N-ethyl adjacent to an activating group) is 2. The Morgan fingerprint density at radius 3 is 2.67 bits per heavy atom. The molecule has 4 nitrogen and oxygen atoms in total. The van der Waals surface area contributed by atoms with Crippen molar-refractivity contribution in [1.29, 1.82) is 0 Å². The molecule has 2 rings (SSSR count). The van der Waals surface area contributed by atoms with Crippen LogP contribution in [0.4, 0.5) is 0 Å². The van der Waals surface area contributed by atoms with Crippen LogP contribution in [0.15, 0.2) is 0 Å². The Kier molecular flexibility index (Phi) is 5.89. The van der Waals surface area contributed by atoms with E-state index in [0.29, 0.717) is 12.0 Å². The van der Waals surface area contributed by atoms with Crippen molar-refractivity contribution in [3.8, 4) is 0 Å². The molecular weight excluding hydrogens is 228 g/mol. The van der Waals surface area contributed by atoms with Crippen molar-refractivity contribution in [2.45, 2.75) is 25.3 Å². The van der Waals surface area contributed by atoms with Gasteiger partial charge >= 0.3 is 0 Å². The maximum atomic E-state index is 5.55. The molecule has 0 saturated carbocycles. The lowest BCUT2D eigenvalue weighted by molar-refractivity contribution is 0.0399. The van der Waals surface area contributed by atoms with Crippen LogP contribution in [-0.2, 0) is 9.47 Å². The number of hydrogen-bond acceptors (Lipinski definition) is 4. The van der Waals surface area contributed by atoms with E-state index in [-0.39, 0.29) is 0 Å². The predicted octanol–water partition coefficient (Wildman–Crippen LogP) is 0.969. The highest BCUT2D eigenvalue weighted by molar-refractivity contribution is 4.81. The van der Waals surface area contributed by atoms with Gasteiger partial charge in [0.2, 0.25) is 0 Å². The molecule has 0 spiro atoms. The molecular formula is C14H28N2O2. The van der Waals surface area contributed by atoms with Crippen molar-refractivity contribution < 1.29 is 9.47 Å². The van der Waals surface area contributed by atoms with E-state index < -0.39 is 0 Å². The zero-order chi connectivity index (χ0) is 12.8. The molecule has 18 heavy (non-hydrogen) atoms. The molecule has 0 radical (unpaired) electrons. The SMILES string of the molecule is CNC(CN(C)CC1CCCOC1)C1CCOC1. The second-order valence-electron chi connectivity index (χ2n) is 5.82. The number of ether oxygens (including phenoxy) is 2. The van der Waals surface area contributed by atoms with Crippen molar-refractivity contribution in [3.63, 3.8) is 0 Å². The third kappa shape index (κ3) is 4.19. The van der Waals surface area contributed by atoms with E-state index >= 15 is 0 Å². The van der Waals surface area contributed by atoms with Crippen molar-refractivity contribution in [1.82, 2.24) is 10.2 Å². The molecule has 2 heterocycles. The fraction of sp³-hybridized carbons (Fsp3) is 1.00. The number of hydrogen-bond donors (Lipinski definition) is 1. The normalized spacial score (nSPS) is 30.8. The summed E-state index contributed by atoms with van der Waals surface area (Å²) in [5.41, 5.74) is 0. The Morgan fingerprint density at radius 1 is 1.22 bits per heavy atom. The smallest absolute Gasteiger partial charge is 0.0510 e. The van der Waals surface area contributed by atoms with Gasteiger partial charge in [-0.05, 0) is 39.3 Å². The van der Waals surface area contributed by atoms with Gasteiger partial charge in [0.1, 0.15) is 0 Å². The molecule has 3 unspecified atom stereocenters. The lowest BCUT2D eigenvalue weighted by Gasteiger charge is -2.31. The molecule has 2 saturated heterocycles. The van der Waals surface area contributed by atoms with E-state index in [0.717, 1.165) is 45.4 Å². The standard InChI is InChI=1S/C14H28N2O2/c1-15-14(13-5-7-18-11-13)9-16(2)8-12-4-3-6-17-10-12/h12-15H,3-11H2,1-2H3. The van der Waals surface area contributed by atoms with Crippen LogP contribution in [-0.4, -0.2) is 64.6 Å². The van der Waals surface area contributed by atoms with Gasteiger partial charge in [-0.15, -0.1) is 0 Å². The molecule has 0 amide bonds. The molecule has 0 aromatic carbocycles. The van der Waals surface area contributed by atoms with E-state index in [4.69, 9.17) is 9.47 Å². The minimum Gasteiger partial charge on any atom is -0.381 e. The summed E-state index contributed by atoms with van der Waals surface area (Å²) in [5, 5.41) is 3.46. The van der Waals surface area contributed by atoms with Gasteiger partial charge in [0.15, 0.2) is 0 Å². The van der Waals surface area contributed by atoms with Crippen LogP contribution < -0.4 is 5.32 Å². The maximum Gasteiger partial charge on any atom is 0.0510 e. The highest BCUT2D eigenvalue weighted by Crippen LogP contribution is 2.19. The fourth-order valence-electron chi connectivity index (χ4n) is 3.15. The molecule has 106 valence electrons.